The fourth-order valence-corrected chi connectivity index (χ4v) is 5.71. The fourth-order valence-electron chi connectivity index (χ4n) is 5.71. The van der Waals surface area contributed by atoms with Gasteiger partial charge in [-0.3, -0.25) is 9.69 Å². The minimum atomic E-state index is -0.535. The van der Waals surface area contributed by atoms with E-state index in [2.05, 4.69) is 10.00 Å². The number of carbonyl (C=O) groups excluding carboxylic acids is 1. The summed E-state index contributed by atoms with van der Waals surface area (Å²) in [5.74, 6) is -0.248. The zero-order valence-electron chi connectivity index (χ0n) is 23.2. The molecular formula is C30H37FN4O4. The monoisotopic (exact) mass is 536 g/mol. The summed E-state index contributed by atoms with van der Waals surface area (Å²) in [6.45, 7) is 8.61. The molecule has 2 bridgehead atoms. The number of morpholine rings is 1. The van der Waals surface area contributed by atoms with Crippen molar-refractivity contribution in [3.8, 4) is 17.1 Å². The van der Waals surface area contributed by atoms with Crippen molar-refractivity contribution in [2.75, 3.05) is 26.9 Å². The van der Waals surface area contributed by atoms with Crippen LogP contribution in [0.2, 0.25) is 0 Å². The summed E-state index contributed by atoms with van der Waals surface area (Å²) in [4.78, 5) is 29.1. The van der Waals surface area contributed by atoms with Gasteiger partial charge in [-0.05, 0) is 54.5 Å². The lowest BCUT2D eigenvalue weighted by Gasteiger charge is -2.34. The molecule has 1 aromatic heterocycles. The molecule has 3 heterocycles. The van der Waals surface area contributed by atoms with Gasteiger partial charge in [-0.25, -0.2) is 13.8 Å². The number of ketones is 1. The topological polar surface area (TPSA) is 78.6 Å². The van der Waals surface area contributed by atoms with Gasteiger partial charge in [0.2, 0.25) is 0 Å². The van der Waals surface area contributed by atoms with Gasteiger partial charge in [-0.1, -0.05) is 32.9 Å². The van der Waals surface area contributed by atoms with Crippen LogP contribution < -0.4 is 10.4 Å². The third-order valence-corrected chi connectivity index (χ3v) is 7.55. The van der Waals surface area contributed by atoms with Gasteiger partial charge in [0.05, 0.1) is 38.1 Å². The first-order valence-corrected chi connectivity index (χ1v) is 13.6. The molecule has 9 heteroatoms. The minimum absolute atomic E-state index is 0.0113. The van der Waals surface area contributed by atoms with E-state index >= 15 is 0 Å². The second-order valence-electron chi connectivity index (χ2n) is 11.8. The molecule has 0 N–H and O–H groups in total. The molecule has 2 unspecified atom stereocenters. The molecule has 208 valence electrons. The molecule has 2 aliphatic heterocycles. The number of Topliss-reactive ketones (excluding diaryl/α,β-unsaturated/α-hetero) is 1. The van der Waals surface area contributed by atoms with E-state index in [1.54, 1.807) is 0 Å². The normalized spacial score (nSPS) is 19.4. The maximum atomic E-state index is 14.1. The Hall–Kier alpha value is -3.30. The van der Waals surface area contributed by atoms with Crippen LogP contribution in [0.4, 0.5) is 4.39 Å². The second kappa shape index (κ2) is 11.1. The summed E-state index contributed by atoms with van der Waals surface area (Å²) in [5.41, 5.74) is 1.55. The standard InChI is InChI=1S/C30H37FN4O4/c1-30(2,3)17-25(36)16-28-32-35(29(37)34(28)22-11-12-26(31)27(15-22)38-4)21-7-5-20(6-8-21)13-14-33-23-9-10-24(33)19-39-18-23/h5-8,11-12,15,23-24H,9-10,13-14,16-19H2,1-4H3. The highest BCUT2D eigenvalue weighted by Crippen LogP contribution is 2.29. The summed E-state index contributed by atoms with van der Waals surface area (Å²) < 4.78 is 27.6. The smallest absolute Gasteiger partial charge is 0.355 e. The number of benzene rings is 2. The molecule has 8 nitrogen and oxygen atoms in total. The average molecular weight is 537 g/mol. The maximum Gasteiger partial charge on any atom is 0.355 e. The van der Waals surface area contributed by atoms with E-state index in [0.29, 0.717) is 35.7 Å². The summed E-state index contributed by atoms with van der Waals surface area (Å²) in [7, 11) is 1.37. The van der Waals surface area contributed by atoms with Crippen molar-refractivity contribution in [3.05, 3.63) is 70.2 Å². The van der Waals surface area contributed by atoms with E-state index in [-0.39, 0.29) is 23.4 Å². The molecule has 2 aliphatic rings. The molecule has 0 saturated carbocycles. The van der Waals surface area contributed by atoms with Crippen LogP contribution in [0, 0.1) is 11.2 Å². The number of rotatable bonds is 9. The van der Waals surface area contributed by atoms with Crippen LogP contribution >= 0.6 is 0 Å². The summed E-state index contributed by atoms with van der Waals surface area (Å²) in [6, 6.07) is 13.0. The Morgan fingerprint density at radius 1 is 1.08 bits per heavy atom. The van der Waals surface area contributed by atoms with Gasteiger partial charge >= 0.3 is 5.69 Å². The van der Waals surface area contributed by atoms with Crippen molar-refractivity contribution >= 4 is 5.78 Å². The Balaban J connectivity index is 1.42. The van der Waals surface area contributed by atoms with E-state index < -0.39 is 11.5 Å². The third-order valence-electron chi connectivity index (χ3n) is 7.55. The van der Waals surface area contributed by atoms with Gasteiger partial charge in [-0.15, -0.1) is 5.10 Å². The van der Waals surface area contributed by atoms with Crippen molar-refractivity contribution < 1.29 is 18.7 Å². The molecule has 2 fully saturated rings. The Labute approximate surface area is 228 Å². The zero-order chi connectivity index (χ0) is 27.7. The van der Waals surface area contributed by atoms with Crippen LogP contribution in [0.5, 0.6) is 5.75 Å². The van der Waals surface area contributed by atoms with E-state index in [4.69, 9.17) is 9.47 Å². The van der Waals surface area contributed by atoms with Crippen molar-refractivity contribution in [2.24, 2.45) is 5.41 Å². The van der Waals surface area contributed by atoms with Crippen LogP contribution in [0.15, 0.2) is 47.3 Å². The van der Waals surface area contributed by atoms with E-state index in [0.717, 1.165) is 26.2 Å². The van der Waals surface area contributed by atoms with E-state index in [1.165, 1.54) is 53.0 Å². The number of fused-ring (bicyclic) bond motifs is 2. The highest BCUT2D eigenvalue weighted by Gasteiger charge is 2.36. The molecule has 2 saturated heterocycles. The predicted molar refractivity (Wildman–Crippen MR) is 146 cm³/mol. The Morgan fingerprint density at radius 3 is 2.38 bits per heavy atom. The molecule has 3 aromatic rings. The van der Waals surface area contributed by atoms with Crippen LogP contribution in [-0.4, -0.2) is 64.0 Å². The summed E-state index contributed by atoms with van der Waals surface area (Å²) in [6.07, 6.45) is 3.66. The van der Waals surface area contributed by atoms with E-state index in [9.17, 15) is 14.0 Å². The molecule has 0 amide bonds. The SMILES string of the molecule is COc1cc(-n2c(CC(=O)CC(C)(C)C)nn(-c3ccc(CCN4C5CCC4COC5)cc3)c2=O)ccc1F. The molecular weight excluding hydrogens is 499 g/mol. The molecule has 2 aromatic carbocycles. The first kappa shape index (κ1) is 27.3. The summed E-state index contributed by atoms with van der Waals surface area (Å²) in [5, 5.41) is 4.57. The molecule has 39 heavy (non-hydrogen) atoms. The fraction of sp³-hybridized carbons (Fsp3) is 0.500. The first-order chi connectivity index (χ1) is 18.6. The Bertz CT molecular complexity index is 1370. The van der Waals surface area contributed by atoms with Gasteiger partial charge in [-0.2, -0.15) is 4.68 Å². The van der Waals surface area contributed by atoms with Gasteiger partial charge in [0, 0.05) is 31.1 Å². The second-order valence-corrected chi connectivity index (χ2v) is 11.8. The number of hydrogen-bond donors (Lipinski definition) is 0. The molecule has 0 spiro atoms. The van der Waals surface area contributed by atoms with Gasteiger partial charge in [0.15, 0.2) is 11.6 Å². The highest BCUT2D eigenvalue weighted by atomic mass is 19.1. The number of halogens is 1. The predicted octanol–water partition coefficient (Wildman–Crippen LogP) is 4.12. The lowest BCUT2D eigenvalue weighted by molar-refractivity contribution is -0.120. The number of carbonyl (C=O) groups is 1. The molecule has 2 atom stereocenters. The van der Waals surface area contributed by atoms with Gasteiger partial charge < -0.3 is 9.47 Å². The van der Waals surface area contributed by atoms with Gasteiger partial charge in [0.1, 0.15) is 11.6 Å². The van der Waals surface area contributed by atoms with Crippen LogP contribution in [0.3, 0.4) is 0 Å². The van der Waals surface area contributed by atoms with Gasteiger partial charge in [0.25, 0.3) is 0 Å². The number of nitrogens with zero attached hydrogens (tertiary/aromatic N) is 4. The maximum absolute atomic E-state index is 14.1. The van der Waals surface area contributed by atoms with E-state index in [1.807, 2.05) is 45.0 Å². The molecule has 0 radical (unpaired) electrons. The van der Waals surface area contributed by atoms with Crippen molar-refractivity contribution in [3.63, 3.8) is 0 Å². The summed E-state index contributed by atoms with van der Waals surface area (Å²) >= 11 is 0. The number of ether oxygens (including phenoxy) is 2. The lowest BCUT2D eigenvalue weighted by Crippen LogP contribution is -2.46. The molecule has 5 rings (SSSR count). The van der Waals surface area contributed by atoms with Crippen LogP contribution in [0.25, 0.3) is 11.4 Å². The highest BCUT2D eigenvalue weighted by molar-refractivity contribution is 5.80. The van der Waals surface area contributed by atoms with Crippen LogP contribution in [-0.2, 0) is 22.4 Å². The largest absolute Gasteiger partial charge is 0.494 e. The number of hydrogen-bond acceptors (Lipinski definition) is 6. The van der Waals surface area contributed by atoms with Crippen molar-refractivity contribution in [1.29, 1.82) is 0 Å². The molecule has 0 aliphatic carbocycles. The third kappa shape index (κ3) is 5.99. The van der Waals surface area contributed by atoms with Crippen molar-refractivity contribution in [2.45, 2.75) is 65.0 Å². The first-order valence-electron chi connectivity index (χ1n) is 13.6. The number of methoxy groups -OCH3 is 1. The number of aromatic nitrogens is 3. The average Bonchev–Trinajstić information content (AvgIpc) is 3.31. The zero-order valence-corrected chi connectivity index (χ0v) is 23.2. The Kier molecular flexibility index (Phi) is 7.73. The van der Waals surface area contributed by atoms with Crippen LogP contribution in [0.1, 0.15) is 51.4 Å². The Morgan fingerprint density at radius 2 is 1.74 bits per heavy atom. The lowest BCUT2D eigenvalue weighted by atomic mass is 9.89. The minimum Gasteiger partial charge on any atom is -0.494 e. The quantitative estimate of drug-likeness (QED) is 0.409. The van der Waals surface area contributed by atoms with Crippen molar-refractivity contribution in [1.82, 2.24) is 19.2 Å².